The topological polar surface area (TPSA) is 239 Å². The van der Waals surface area contributed by atoms with Crippen molar-refractivity contribution in [1.82, 2.24) is 5.32 Å². The van der Waals surface area contributed by atoms with Crippen LogP contribution in [-0.2, 0) is 79.8 Å². The van der Waals surface area contributed by atoms with Gasteiger partial charge < -0.3 is 67.3 Å². The first-order valence-corrected chi connectivity index (χ1v) is 36.5. The minimum absolute atomic E-state index is 0.0826. The molecule has 25 heteroatoms. The fraction of sp³-hybridized carbons (Fsp3) is 0.836. The van der Waals surface area contributed by atoms with Crippen LogP contribution < -0.4 is 5.32 Å². The van der Waals surface area contributed by atoms with Gasteiger partial charge in [0.05, 0.1) is 27.3 Å². The average molecular weight is 1390 g/mol. The van der Waals surface area contributed by atoms with Crippen molar-refractivity contribution in [2.45, 2.75) is 278 Å². The maximum atomic E-state index is 14.7. The van der Waals surface area contributed by atoms with E-state index >= 15 is 0 Å². The molecule has 0 spiro atoms. The van der Waals surface area contributed by atoms with Crippen LogP contribution in [0.2, 0.25) is 0 Å². The molecule has 0 aliphatic carbocycles. The molecule has 92 heavy (non-hydrogen) atoms. The van der Waals surface area contributed by atoms with Crippen molar-refractivity contribution in [3.8, 4) is 0 Å². The van der Waals surface area contributed by atoms with E-state index in [2.05, 4.69) is 52.4 Å². The Morgan fingerprint density at radius 3 is 1.62 bits per heavy atom. The Kier molecular flexibility index (Phi) is 49.7. The number of aliphatic hydroxyl groups is 1. The van der Waals surface area contributed by atoms with Crippen molar-refractivity contribution < 1.29 is 95.8 Å². The van der Waals surface area contributed by atoms with E-state index in [9.17, 15) is 24.1 Å². The Hall–Kier alpha value is -2.41. The van der Waals surface area contributed by atoms with E-state index in [1.165, 1.54) is 94.9 Å². The summed E-state index contributed by atoms with van der Waals surface area (Å²) in [5.74, 6) is -0.754. The molecule has 21 nitrogen and oxygen atoms in total. The Morgan fingerprint density at radius 2 is 1.08 bits per heavy atom. The van der Waals surface area contributed by atoms with E-state index in [1.54, 1.807) is 7.11 Å². The van der Waals surface area contributed by atoms with E-state index in [1.807, 2.05) is 0 Å². The van der Waals surface area contributed by atoms with E-state index < -0.39 is 124 Å². The first-order chi connectivity index (χ1) is 44.9. The summed E-state index contributed by atoms with van der Waals surface area (Å²) in [7, 11) is -3.10. The van der Waals surface area contributed by atoms with Gasteiger partial charge in [0.25, 0.3) is 0 Å². The minimum Gasteiger partial charge on any atom is -0.460 e. The summed E-state index contributed by atoms with van der Waals surface area (Å²) in [6.07, 6.45) is 19.1. The molecule has 0 aromatic rings. The first kappa shape index (κ1) is 83.8. The summed E-state index contributed by atoms with van der Waals surface area (Å²) in [5, 5.41) is 15.3. The molecule has 2 fully saturated rings. The lowest BCUT2D eigenvalue weighted by molar-refractivity contribution is -0.330. The zero-order valence-corrected chi connectivity index (χ0v) is 59.1. The third kappa shape index (κ3) is 39.7. The second-order valence-corrected chi connectivity index (χ2v) is 27.3. The van der Waals surface area contributed by atoms with Crippen molar-refractivity contribution >= 4 is 60.8 Å². The van der Waals surface area contributed by atoms with Crippen LogP contribution in [0.15, 0.2) is 50.6 Å². The number of unbranched alkanes of at least 4 members (excludes halogenated alkanes) is 23. The number of esters is 1. The fourth-order valence-corrected chi connectivity index (χ4v) is 11.9. The number of halogens is 3. The highest BCUT2D eigenvalue weighted by molar-refractivity contribution is 7.48. The molecule has 2 unspecified atom stereocenters. The second-order valence-electron chi connectivity index (χ2n) is 23.2. The van der Waals surface area contributed by atoms with Gasteiger partial charge in [-0.25, -0.2) is 18.9 Å². The van der Waals surface area contributed by atoms with Crippen LogP contribution in [0.4, 0.5) is 9.59 Å². The number of carbonyl (C=O) groups is 3. The Labute approximate surface area is 567 Å². The smallest absolute Gasteiger partial charge is 0.460 e. The molecule has 0 radical (unpaired) electrons. The SMILES string of the molecule is [2H]C(CCCCCCCCCCCCC)O[C@H]1C(OCC(=O)OCC=C)O[C@H](CO[C@@H]2O[C@H](COC(=O)OCC=C)[C@@H](OP(=O)(OCC=C)OCC=C)[C@H](OCC[C@@H](CCCCCCC)OC)[C@H]2NC(=O)OCC(Cl)(Cl)Cl)[C@@H](O)[C@@H]1OCCCCCCCCCCCC. The molecule has 2 rings (SSSR count). The molecule has 0 aromatic carbocycles. The number of rotatable bonds is 59. The molecular formula is C67H117Cl3NO20P. The lowest BCUT2D eigenvalue weighted by Crippen LogP contribution is -2.67. The summed E-state index contributed by atoms with van der Waals surface area (Å²) in [6.45, 7) is 16.5. The van der Waals surface area contributed by atoms with Gasteiger partial charge in [-0.05, 0) is 25.7 Å². The molecule has 2 saturated heterocycles. The highest BCUT2D eigenvalue weighted by atomic mass is 35.6. The number of phosphoric acid groups is 1. The van der Waals surface area contributed by atoms with Crippen molar-refractivity contribution in [3.63, 3.8) is 0 Å². The molecule has 2 aliphatic rings. The number of nitrogens with one attached hydrogen (secondary N) is 1. The second kappa shape index (κ2) is 54.6. The molecule has 2 N–H and O–H groups in total. The number of aliphatic hydroxyl groups excluding tert-OH is 1. The molecule has 0 saturated carbocycles. The molecule has 2 aliphatic heterocycles. The molecule has 0 aromatic heterocycles. The number of ether oxygens (including phenoxy) is 12. The van der Waals surface area contributed by atoms with Gasteiger partial charge >= 0.3 is 26.0 Å². The summed E-state index contributed by atoms with van der Waals surface area (Å²) in [4.78, 5) is 40.1. The molecule has 2 heterocycles. The van der Waals surface area contributed by atoms with Gasteiger partial charge in [-0.15, -0.1) is 13.2 Å². The van der Waals surface area contributed by atoms with Crippen LogP contribution in [-0.4, -0.2) is 174 Å². The van der Waals surface area contributed by atoms with Crippen molar-refractivity contribution in [2.24, 2.45) is 0 Å². The van der Waals surface area contributed by atoms with Crippen LogP contribution in [0.25, 0.3) is 0 Å². The number of alkyl halides is 3. The predicted octanol–water partition coefficient (Wildman–Crippen LogP) is 15.8. The largest absolute Gasteiger partial charge is 0.508 e. The molecule has 536 valence electrons. The Morgan fingerprint density at radius 1 is 0.565 bits per heavy atom. The number of hydrogen-bond donors (Lipinski definition) is 2. The maximum Gasteiger partial charge on any atom is 0.508 e. The third-order valence-electron chi connectivity index (χ3n) is 15.4. The number of methoxy groups -OCH3 is 1. The molecule has 0 bridgehead atoms. The van der Waals surface area contributed by atoms with E-state index in [0.29, 0.717) is 32.1 Å². The summed E-state index contributed by atoms with van der Waals surface area (Å²) >= 11 is 18.1. The summed E-state index contributed by atoms with van der Waals surface area (Å²) in [6, 6.07) is -1.55. The molecule has 1 amide bonds. The van der Waals surface area contributed by atoms with Crippen LogP contribution in [0.3, 0.4) is 0 Å². The zero-order chi connectivity index (χ0) is 68.4. The Balaban J connectivity index is 2.76. The van der Waals surface area contributed by atoms with E-state index in [-0.39, 0.29) is 45.7 Å². The summed E-state index contributed by atoms with van der Waals surface area (Å²) in [5.41, 5.74) is 0. The number of phosphoric ester groups is 1. The monoisotopic (exact) mass is 1390 g/mol. The van der Waals surface area contributed by atoms with Gasteiger partial charge in [0, 0.05) is 26.9 Å². The van der Waals surface area contributed by atoms with Crippen LogP contribution in [0, 0.1) is 0 Å². The third-order valence-corrected chi connectivity index (χ3v) is 17.2. The van der Waals surface area contributed by atoms with Gasteiger partial charge in [0.1, 0.15) is 81.8 Å². The van der Waals surface area contributed by atoms with Crippen molar-refractivity contribution in [2.75, 3.05) is 79.8 Å². The normalized spacial score (nSPS) is 22.6. The number of hydrogen-bond acceptors (Lipinski definition) is 20. The van der Waals surface area contributed by atoms with Crippen molar-refractivity contribution in [3.05, 3.63) is 50.6 Å². The highest BCUT2D eigenvalue weighted by Gasteiger charge is 2.54. The van der Waals surface area contributed by atoms with Gasteiger partial charge in [-0.2, -0.15) is 0 Å². The Bertz CT molecular complexity index is 2000. The fourth-order valence-electron chi connectivity index (χ4n) is 10.4. The lowest BCUT2D eigenvalue weighted by Gasteiger charge is -2.47. The van der Waals surface area contributed by atoms with E-state index in [0.717, 1.165) is 83.5 Å². The van der Waals surface area contributed by atoms with Gasteiger partial charge in [0.15, 0.2) is 12.6 Å². The highest BCUT2D eigenvalue weighted by Crippen LogP contribution is 2.52. The lowest BCUT2D eigenvalue weighted by atomic mass is 9.96. The van der Waals surface area contributed by atoms with Crippen LogP contribution in [0.5, 0.6) is 0 Å². The van der Waals surface area contributed by atoms with Gasteiger partial charge in [-0.3, -0.25) is 13.6 Å². The number of amides is 1. The van der Waals surface area contributed by atoms with Gasteiger partial charge in [0.2, 0.25) is 3.79 Å². The van der Waals surface area contributed by atoms with Gasteiger partial charge in [-0.1, -0.05) is 254 Å². The average Bonchev–Trinajstić information content (AvgIpc) is 0.790. The first-order valence-electron chi connectivity index (χ1n) is 34.5. The van der Waals surface area contributed by atoms with Crippen LogP contribution in [0.1, 0.15) is 208 Å². The molecular weight excluding hydrogens is 1280 g/mol. The van der Waals surface area contributed by atoms with Crippen LogP contribution >= 0.6 is 42.6 Å². The zero-order valence-electron chi connectivity index (χ0n) is 56.9. The number of alkyl carbamates (subject to hydrolysis) is 1. The van der Waals surface area contributed by atoms with Crippen molar-refractivity contribution in [1.29, 1.82) is 0 Å². The maximum absolute atomic E-state index is 14.7. The quantitative estimate of drug-likeness (QED) is 0.0144. The van der Waals surface area contributed by atoms with E-state index in [4.69, 9.17) is 107 Å². The molecule has 12 atom stereocenters. The minimum atomic E-state index is -4.69. The predicted molar refractivity (Wildman–Crippen MR) is 358 cm³/mol. The standard InChI is InChI=1S/C67H117Cl3NO20P/c1-9-16-19-22-24-26-28-29-31-33-36-39-47-80-62-61(79-46-38-35-32-30-27-25-23-20-17-10-2)58(73)54(89-64(62)84-51-56(72)78-42-12-4)49-83-63-57(71-65(74)86-52-67(68,69)70)60(81-48-41-53(77-8)40-37-34-21-18-11-3)59(55(90-63)50-85-66(75)82-43-13-5)91-92(76,87-44-14-6)88-45-15-7/h12-15,53-55,57-64,73H,4-7,9-11,16-52H2,1-3,8H3,(H,71,74)/t53-,54-,55-,57-,58-,59-,60-,61+,62-,63-,64?/m1/s1/i47D/t47?,53-,54-,55-,57-,58-,59-,60-,61+,62-,63-,64?. The summed E-state index contributed by atoms with van der Waals surface area (Å²) < 4.78 is 112. The number of carbonyl (C=O) groups excluding carboxylic acids is 3.